The second kappa shape index (κ2) is 11.8. The Bertz CT molecular complexity index is 1580. The van der Waals surface area contributed by atoms with Gasteiger partial charge in [-0.25, -0.2) is 0 Å². The van der Waals surface area contributed by atoms with Gasteiger partial charge in [0.25, 0.3) is 5.91 Å². The maximum Gasteiger partial charge on any atom is 0.306 e. The molecule has 0 radical (unpaired) electrons. The van der Waals surface area contributed by atoms with Gasteiger partial charge < -0.3 is 24.6 Å². The number of carboxylic acids is 1. The number of para-hydroxylation sites is 1. The van der Waals surface area contributed by atoms with E-state index >= 15 is 0 Å². The Hall–Kier alpha value is -3.07. The van der Waals surface area contributed by atoms with Crippen LogP contribution in [0.15, 0.2) is 42.6 Å². The summed E-state index contributed by atoms with van der Waals surface area (Å²) in [6.07, 6.45) is 8.10. The number of aryl methyl sites for hydroxylation is 1. The molecule has 3 fully saturated rings. The van der Waals surface area contributed by atoms with Gasteiger partial charge in [0.2, 0.25) is 5.91 Å². The number of anilines is 1. The third kappa shape index (κ3) is 5.89. The first-order valence-electron chi connectivity index (χ1n) is 15.0. The number of fused-ring (bicyclic) bond motifs is 1. The van der Waals surface area contributed by atoms with E-state index in [2.05, 4.69) is 5.32 Å². The number of ether oxygens (including phenoxy) is 1. The molecule has 0 bridgehead atoms. The normalized spacial score (nSPS) is 26.7. The summed E-state index contributed by atoms with van der Waals surface area (Å²) in [5, 5.41) is 13.8. The van der Waals surface area contributed by atoms with E-state index in [0.717, 1.165) is 55.8 Å². The van der Waals surface area contributed by atoms with Crippen LogP contribution in [0.1, 0.15) is 60.9 Å². The number of aliphatic carboxylic acids is 1. The lowest BCUT2D eigenvalue weighted by atomic mass is 9.77. The molecule has 1 aliphatic heterocycles. The van der Waals surface area contributed by atoms with Crippen LogP contribution in [0.5, 0.6) is 0 Å². The summed E-state index contributed by atoms with van der Waals surface area (Å²) in [5.41, 5.74) is 2.72. The zero-order valence-corrected chi connectivity index (χ0v) is 26.0. The number of halogens is 2. The van der Waals surface area contributed by atoms with E-state index in [1.165, 1.54) is 0 Å². The molecule has 2 aliphatic carbocycles. The Morgan fingerprint density at radius 1 is 1.12 bits per heavy atom. The van der Waals surface area contributed by atoms with Gasteiger partial charge in [-0.05, 0) is 80.0 Å². The van der Waals surface area contributed by atoms with Crippen LogP contribution in [0.25, 0.3) is 10.9 Å². The standard InChI is InChI=1S/C33H37Cl2N3O5/c1-37-18-25(24-5-3-4-6-29(24)37)31(40)36-28-15-26(34)20(11-27(28)35)12-30(39)38-17-23(43-2)14-22(38)13-21-16-33(21)9-7-19(8-10-33)32(41)42/h3-6,11,15,18-19,21-23H,7-10,12-14,16-17H2,1-2H3,(H,36,40)(H,41,42)/t19?,21?,22-,23+,33?/m1/s1. The van der Waals surface area contributed by atoms with Gasteiger partial charge in [0.15, 0.2) is 0 Å². The van der Waals surface area contributed by atoms with Crippen LogP contribution in [0.2, 0.25) is 10.0 Å². The number of carboxylic acid groups (broad SMARTS) is 1. The zero-order chi connectivity index (χ0) is 30.5. The number of carbonyl (C=O) groups excluding carboxylic acids is 2. The fraction of sp³-hybridized carbons (Fsp3) is 0.485. The first-order valence-corrected chi connectivity index (χ1v) is 15.7. The largest absolute Gasteiger partial charge is 0.481 e. The highest BCUT2D eigenvalue weighted by atomic mass is 35.5. The lowest BCUT2D eigenvalue weighted by molar-refractivity contribution is -0.143. The number of rotatable bonds is 8. The minimum atomic E-state index is -0.679. The molecule has 3 aromatic rings. The van der Waals surface area contributed by atoms with Crippen molar-refractivity contribution in [3.8, 4) is 0 Å². The van der Waals surface area contributed by atoms with Gasteiger partial charge >= 0.3 is 5.97 Å². The first kappa shape index (κ1) is 30.0. The van der Waals surface area contributed by atoms with Crippen LogP contribution in [-0.4, -0.2) is 58.2 Å². The Kier molecular flexibility index (Phi) is 8.22. The quantitative estimate of drug-likeness (QED) is 0.295. The van der Waals surface area contributed by atoms with Crippen molar-refractivity contribution in [3.05, 3.63) is 63.8 Å². The summed E-state index contributed by atoms with van der Waals surface area (Å²) < 4.78 is 7.57. The van der Waals surface area contributed by atoms with Gasteiger partial charge in [0.05, 0.1) is 34.7 Å². The molecule has 1 spiro atoms. The van der Waals surface area contributed by atoms with Crippen molar-refractivity contribution in [2.24, 2.45) is 24.3 Å². The number of hydrogen-bond acceptors (Lipinski definition) is 4. The first-order chi connectivity index (χ1) is 20.6. The fourth-order valence-corrected chi connectivity index (χ4v) is 7.98. The number of methoxy groups -OCH3 is 1. The predicted octanol–water partition coefficient (Wildman–Crippen LogP) is 6.57. The van der Waals surface area contributed by atoms with Crippen LogP contribution >= 0.6 is 23.2 Å². The highest BCUT2D eigenvalue weighted by molar-refractivity contribution is 6.36. The number of likely N-dealkylation sites (tertiary alicyclic amines) is 1. The fourth-order valence-electron chi connectivity index (χ4n) is 7.52. The van der Waals surface area contributed by atoms with Crippen LogP contribution in [0.4, 0.5) is 5.69 Å². The zero-order valence-electron chi connectivity index (χ0n) is 24.4. The second-order valence-electron chi connectivity index (χ2n) is 12.6. The van der Waals surface area contributed by atoms with Crippen LogP contribution in [-0.2, 0) is 27.8 Å². The summed E-state index contributed by atoms with van der Waals surface area (Å²) in [7, 11) is 3.58. The summed E-state index contributed by atoms with van der Waals surface area (Å²) in [5.74, 6) is -0.705. The molecule has 1 unspecified atom stereocenters. The van der Waals surface area contributed by atoms with E-state index in [4.69, 9.17) is 27.9 Å². The van der Waals surface area contributed by atoms with Gasteiger partial charge in [0.1, 0.15) is 0 Å². The predicted molar refractivity (Wildman–Crippen MR) is 167 cm³/mol. The van der Waals surface area contributed by atoms with Gasteiger partial charge in [-0.1, -0.05) is 41.4 Å². The molecule has 2 amide bonds. The molecule has 2 aromatic carbocycles. The van der Waals surface area contributed by atoms with E-state index in [-0.39, 0.29) is 41.7 Å². The minimum absolute atomic E-state index is 0.0166. The van der Waals surface area contributed by atoms with Gasteiger partial charge in [-0.3, -0.25) is 14.4 Å². The van der Waals surface area contributed by atoms with Gasteiger partial charge in [0, 0.05) is 48.9 Å². The van der Waals surface area contributed by atoms with Crippen molar-refractivity contribution in [3.63, 3.8) is 0 Å². The molecular formula is C33H37Cl2N3O5. The number of hydrogen-bond donors (Lipinski definition) is 2. The number of amides is 2. The lowest BCUT2D eigenvalue weighted by Crippen LogP contribution is -2.38. The molecule has 2 saturated carbocycles. The number of nitrogens with zero attached hydrogens (tertiary/aromatic N) is 2. The average molecular weight is 627 g/mol. The number of aromatic nitrogens is 1. The van der Waals surface area contributed by atoms with Crippen LogP contribution in [0, 0.1) is 17.3 Å². The third-order valence-corrected chi connectivity index (χ3v) is 10.8. The summed E-state index contributed by atoms with van der Waals surface area (Å²) in [6.45, 7) is 0.533. The molecule has 8 nitrogen and oxygen atoms in total. The molecule has 3 aliphatic rings. The van der Waals surface area contributed by atoms with Crippen molar-refractivity contribution in [1.82, 2.24) is 9.47 Å². The second-order valence-corrected chi connectivity index (χ2v) is 13.4. The Morgan fingerprint density at radius 2 is 1.86 bits per heavy atom. The molecule has 6 rings (SSSR count). The van der Waals surface area contributed by atoms with E-state index in [1.807, 2.05) is 40.8 Å². The number of benzene rings is 2. The molecule has 2 heterocycles. The molecular weight excluding hydrogens is 589 g/mol. The number of carbonyl (C=O) groups is 3. The Morgan fingerprint density at radius 3 is 2.58 bits per heavy atom. The molecule has 3 atom stereocenters. The molecule has 1 saturated heterocycles. The van der Waals surface area contributed by atoms with Crippen molar-refractivity contribution >= 4 is 57.6 Å². The monoisotopic (exact) mass is 625 g/mol. The number of nitrogens with one attached hydrogen (secondary N) is 1. The van der Waals surface area contributed by atoms with Crippen molar-refractivity contribution < 1.29 is 24.2 Å². The summed E-state index contributed by atoms with van der Waals surface area (Å²) in [6, 6.07) is 11.0. The summed E-state index contributed by atoms with van der Waals surface area (Å²) in [4.78, 5) is 40.1. The van der Waals surface area contributed by atoms with Crippen molar-refractivity contribution in [2.75, 3.05) is 19.0 Å². The van der Waals surface area contributed by atoms with Crippen molar-refractivity contribution in [1.29, 1.82) is 0 Å². The van der Waals surface area contributed by atoms with Crippen LogP contribution in [0.3, 0.4) is 0 Å². The molecule has 1 aromatic heterocycles. The molecule has 10 heteroatoms. The highest BCUT2D eigenvalue weighted by Gasteiger charge is 2.56. The Balaban J connectivity index is 1.11. The van der Waals surface area contributed by atoms with E-state index in [0.29, 0.717) is 39.3 Å². The highest BCUT2D eigenvalue weighted by Crippen LogP contribution is 2.64. The third-order valence-electron chi connectivity index (χ3n) is 10.1. The van der Waals surface area contributed by atoms with Crippen LogP contribution < -0.4 is 5.32 Å². The van der Waals surface area contributed by atoms with Gasteiger partial charge in [-0.15, -0.1) is 0 Å². The molecule has 2 N–H and O–H groups in total. The topological polar surface area (TPSA) is 101 Å². The lowest BCUT2D eigenvalue weighted by Gasteiger charge is -2.29. The summed E-state index contributed by atoms with van der Waals surface area (Å²) >= 11 is 13.3. The van der Waals surface area contributed by atoms with E-state index in [9.17, 15) is 19.5 Å². The van der Waals surface area contributed by atoms with Crippen molar-refractivity contribution in [2.45, 2.75) is 63.5 Å². The SMILES string of the molecule is CO[C@H]1C[C@@H](CC2CC23CCC(C(=O)O)CC3)N(C(=O)Cc2cc(Cl)c(NC(=O)c3cn(C)c4ccccc34)cc2Cl)C1. The maximum absolute atomic E-state index is 13.6. The van der Waals surface area contributed by atoms with E-state index in [1.54, 1.807) is 25.4 Å². The molecule has 43 heavy (non-hydrogen) atoms. The Labute approximate surface area is 261 Å². The van der Waals surface area contributed by atoms with Gasteiger partial charge in [-0.2, -0.15) is 0 Å². The van der Waals surface area contributed by atoms with E-state index < -0.39 is 5.97 Å². The maximum atomic E-state index is 13.6. The minimum Gasteiger partial charge on any atom is -0.481 e. The average Bonchev–Trinajstić information content (AvgIpc) is 3.30. The molecule has 228 valence electrons. The smallest absolute Gasteiger partial charge is 0.306 e.